The topological polar surface area (TPSA) is 78.4 Å². The highest BCUT2D eigenvalue weighted by atomic mass is 16.5. The fourth-order valence-corrected chi connectivity index (χ4v) is 2.41. The van der Waals surface area contributed by atoms with Crippen molar-refractivity contribution in [2.24, 2.45) is 0 Å². The van der Waals surface area contributed by atoms with E-state index in [0.717, 1.165) is 27.9 Å². The van der Waals surface area contributed by atoms with Crippen LogP contribution in [-0.2, 0) is 0 Å². The highest BCUT2D eigenvalue weighted by molar-refractivity contribution is 5.98. The second-order valence-electron chi connectivity index (χ2n) is 5.07. The summed E-state index contributed by atoms with van der Waals surface area (Å²) in [5.41, 5.74) is 1.02. The molecule has 5 heteroatoms. The van der Waals surface area contributed by atoms with Crippen molar-refractivity contribution >= 4 is 10.8 Å². The minimum absolute atomic E-state index is 0.248. The lowest BCUT2D eigenvalue weighted by atomic mass is 10.0. The second kappa shape index (κ2) is 6.60. The van der Waals surface area contributed by atoms with Crippen LogP contribution in [0.5, 0.6) is 5.75 Å². The molecule has 0 aliphatic carbocycles. The first-order valence-corrected chi connectivity index (χ1v) is 7.23. The third-order valence-corrected chi connectivity index (χ3v) is 3.56. The van der Waals surface area contributed by atoms with Crippen LogP contribution in [0.3, 0.4) is 0 Å². The van der Waals surface area contributed by atoms with Gasteiger partial charge in [-0.25, -0.2) is 4.98 Å². The molecule has 1 unspecified atom stereocenters. The summed E-state index contributed by atoms with van der Waals surface area (Å²) < 4.78 is 5.76. The molecule has 0 aliphatic heterocycles. The zero-order valence-corrected chi connectivity index (χ0v) is 12.1. The minimum atomic E-state index is -0.742. The SMILES string of the molecule is OCC(O)CCOc1ccc(-c2ncc[nH]2)c2ccccc12. The van der Waals surface area contributed by atoms with Gasteiger partial charge < -0.3 is 19.9 Å². The molecule has 3 aromatic rings. The third kappa shape index (κ3) is 2.95. The predicted octanol–water partition coefficient (Wildman–Crippen LogP) is 2.35. The molecule has 114 valence electrons. The third-order valence-electron chi connectivity index (χ3n) is 3.56. The van der Waals surface area contributed by atoms with Gasteiger partial charge in [0.1, 0.15) is 11.6 Å². The molecule has 3 rings (SSSR count). The van der Waals surface area contributed by atoms with Gasteiger partial charge in [-0.05, 0) is 17.5 Å². The van der Waals surface area contributed by atoms with Crippen LogP contribution >= 0.6 is 0 Å². The zero-order valence-electron chi connectivity index (χ0n) is 12.1. The molecule has 0 radical (unpaired) electrons. The predicted molar refractivity (Wildman–Crippen MR) is 84.7 cm³/mol. The van der Waals surface area contributed by atoms with Gasteiger partial charge in [-0.15, -0.1) is 0 Å². The lowest BCUT2D eigenvalue weighted by Gasteiger charge is -2.13. The van der Waals surface area contributed by atoms with E-state index in [-0.39, 0.29) is 6.61 Å². The molecule has 0 aliphatic rings. The van der Waals surface area contributed by atoms with Gasteiger partial charge in [0.05, 0.1) is 19.3 Å². The molecule has 0 spiro atoms. The maximum atomic E-state index is 9.38. The summed E-state index contributed by atoms with van der Waals surface area (Å²) in [5.74, 6) is 1.58. The Morgan fingerprint density at radius 3 is 2.68 bits per heavy atom. The Balaban J connectivity index is 1.91. The molecule has 2 aromatic carbocycles. The number of rotatable bonds is 6. The summed E-state index contributed by atoms with van der Waals surface area (Å²) in [4.78, 5) is 7.42. The Kier molecular flexibility index (Phi) is 4.37. The van der Waals surface area contributed by atoms with Crippen molar-refractivity contribution < 1.29 is 14.9 Å². The summed E-state index contributed by atoms with van der Waals surface area (Å²) in [6.45, 7) is 0.105. The number of benzene rings is 2. The minimum Gasteiger partial charge on any atom is -0.493 e. The first-order valence-electron chi connectivity index (χ1n) is 7.23. The van der Waals surface area contributed by atoms with Crippen LogP contribution in [0.2, 0.25) is 0 Å². The average molecular weight is 298 g/mol. The van der Waals surface area contributed by atoms with Gasteiger partial charge in [0.15, 0.2) is 0 Å². The second-order valence-corrected chi connectivity index (χ2v) is 5.07. The van der Waals surface area contributed by atoms with E-state index in [9.17, 15) is 5.11 Å². The van der Waals surface area contributed by atoms with Crippen LogP contribution < -0.4 is 4.74 Å². The van der Waals surface area contributed by atoms with E-state index in [2.05, 4.69) is 9.97 Å². The molecule has 1 atom stereocenters. The van der Waals surface area contributed by atoms with Crippen LogP contribution in [0.1, 0.15) is 6.42 Å². The number of aliphatic hydroxyl groups is 2. The van der Waals surface area contributed by atoms with E-state index in [1.807, 2.05) is 36.4 Å². The number of aromatic nitrogens is 2. The summed E-state index contributed by atoms with van der Waals surface area (Å²) >= 11 is 0. The molecular weight excluding hydrogens is 280 g/mol. The Labute approximate surface area is 128 Å². The van der Waals surface area contributed by atoms with E-state index >= 15 is 0 Å². The molecule has 22 heavy (non-hydrogen) atoms. The highest BCUT2D eigenvalue weighted by Gasteiger charge is 2.10. The molecule has 0 saturated heterocycles. The van der Waals surface area contributed by atoms with Gasteiger partial charge >= 0.3 is 0 Å². The van der Waals surface area contributed by atoms with Crippen molar-refractivity contribution in [3.63, 3.8) is 0 Å². The molecule has 1 heterocycles. The molecule has 0 bridgehead atoms. The van der Waals surface area contributed by atoms with Gasteiger partial charge in [-0.1, -0.05) is 24.3 Å². The fourth-order valence-electron chi connectivity index (χ4n) is 2.41. The van der Waals surface area contributed by atoms with Crippen molar-refractivity contribution in [2.75, 3.05) is 13.2 Å². The van der Waals surface area contributed by atoms with Gasteiger partial charge in [0, 0.05) is 29.8 Å². The lowest BCUT2D eigenvalue weighted by Crippen LogP contribution is -2.15. The van der Waals surface area contributed by atoms with Crippen LogP contribution in [-0.4, -0.2) is 39.5 Å². The number of fused-ring (bicyclic) bond motifs is 1. The highest BCUT2D eigenvalue weighted by Crippen LogP contribution is 2.33. The van der Waals surface area contributed by atoms with Gasteiger partial charge in [-0.3, -0.25) is 0 Å². The Bertz CT molecular complexity index is 741. The summed E-state index contributed by atoms with van der Waals surface area (Å²) in [6.07, 6.45) is 3.18. The molecule has 0 fully saturated rings. The molecular formula is C17H18N2O3. The number of imidazole rings is 1. The number of aromatic amines is 1. The Morgan fingerprint density at radius 1 is 1.14 bits per heavy atom. The Morgan fingerprint density at radius 2 is 1.95 bits per heavy atom. The largest absolute Gasteiger partial charge is 0.493 e. The molecule has 3 N–H and O–H groups in total. The molecule has 0 saturated carbocycles. The van der Waals surface area contributed by atoms with E-state index in [0.29, 0.717) is 13.0 Å². The monoisotopic (exact) mass is 298 g/mol. The van der Waals surface area contributed by atoms with Crippen molar-refractivity contribution in [1.82, 2.24) is 9.97 Å². The van der Waals surface area contributed by atoms with Gasteiger partial charge in [-0.2, -0.15) is 0 Å². The number of nitrogens with zero attached hydrogens (tertiary/aromatic N) is 1. The number of nitrogens with one attached hydrogen (secondary N) is 1. The summed E-state index contributed by atoms with van der Waals surface area (Å²) in [5, 5.41) is 20.3. The quantitative estimate of drug-likeness (QED) is 0.653. The first-order chi connectivity index (χ1) is 10.8. The number of H-pyrrole nitrogens is 1. The fraction of sp³-hybridized carbons (Fsp3) is 0.235. The zero-order chi connectivity index (χ0) is 15.4. The smallest absolute Gasteiger partial charge is 0.137 e. The average Bonchev–Trinajstić information content (AvgIpc) is 3.09. The van der Waals surface area contributed by atoms with Crippen LogP contribution in [0, 0.1) is 0 Å². The summed E-state index contributed by atoms with van der Waals surface area (Å²) in [6, 6.07) is 11.9. The normalized spacial score (nSPS) is 12.5. The van der Waals surface area contributed by atoms with E-state index < -0.39 is 6.10 Å². The molecule has 0 amide bonds. The van der Waals surface area contributed by atoms with Gasteiger partial charge in [0.25, 0.3) is 0 Å². The number of hydrogen-bond donors (Lipinski definition) is 3. The Hall–Kier alpha value is -2.37. The molecule has 5 nitrogen and oxygen atoms in total. The van der Waals surface area contributed by atoms with Crippen LogP contribution in [0.15, 0.2) is 48.8 Å². The van der Waals surface area contributed by atoms with Crippen molar-refractivity contribution in [3.05, 3.63) is 48.8 Å². The number of ether oxygens (including phenoxy) is 1. The standard InChI is InChI=1S/C17H18N2O3/c20-11-12(21)7-10-22-16-6-5-15(17-18-8-9-19-17)13-3-1-2-4-14(13)16/h1-6,8-9,12,20-21H,7,10-11H2,(H,18,19). The number of aliphatic hydroxyl groups excluding tert-OH is 2. The van der Waals surface area contributed by atoms with Crippen LogP contribution in [0.25, 0.3) is 22.2 Å². The van der Waals surface area contributed by atoms with E-state index in [4.69, 9.17) is 9.84 Å². The van der Waals surface area contributed by atoms with Crippen molar-refractivity contribution in [2.45, 2.75) is 12.5 Å². The maximum absolute atomic E-state index is 9.38. The van der Waals surface area contributed by atoms with Crippen molar-refractivity contribution in [1.29, 1.82) is 0 Å². The van der Waals surface area contributed by atoms with Gasteiger partial charge in [0.2, 0.25) is 0 Å². The number of hydrogen-bond acceptors (Lipinski definition) is 4. The summed E-state index contributed by atoms with van der Waals surface area (Å²) in [7, 11) is 0. The van der Waals surface area contributed by atoms with Crippen molar-refractivity contribution in [3.8, 4) is 17.1 Å². The maximum Gasteiger partial charge on any atom is 0.137 e. The van der Waals surface area contributed by atoms with Crippen LogP contribution in [0.4, 0.5) is 0 Å². The molecule has 1 aromatic heterocycles. The first kappa shape index (κ1) is 14.6. The van der Waals surface area contributed by atoms with E-state index in [1.165, 1.54) is 0 Å². The lowest BCUT2D eigenvalue weighted by molar-refractivity contribution is 0.0756. The van der Waals surface area contributed by atoms with E-state index in [1.54, 1.807) is 12.4 Å².